The predicted molar refractivity (Wildman–Crippen MR) is 61.0 cm³/mol. The molecule has 0 unspecified atom stereocenters. The van der Waals surface area contributed by atoms with Crippen molar-refractivity contribution >= 4 is 28.1 Å². The lowest BCUT2D eigenvalue weighted by molar-refractivity contribution is -0.113. The molecule has 4 heteroatoms. The number of nitrogens with zero attached hydrogens (tertiary/aromatic N) is 2. The van der Waals surface area contributed by atoms with Gasteiger partial charge in [0.25, 0.3) is 0 Å². The third-order valence-electron chi connectivity index (χ3n) is 2.93. The topological polar surface area (TPSA) is 70.5 Å². The Morgan fingerprint density at radius 2 is 1.53 bits per heavy atom. The van der Waals surface area contributed by atoms with E-state index in [0.29, 0.717) is 16.5 Å². The molecule has 0 spiro atoms. The molecule has 0 bridgehead atoms. The molecule has 0 amide bonds. The van der Waals surface area contributed by atoms with Gasteiger partial charge in [-0.15, -0.1) is 0 Å². The molecule has 0 radical (unpaired) electrons. The molecule has 1 aliphatic rings. The maximum absolute atomic E-state index is 11.8. The third kappa shape index (κ3) is 1.13. The fourth-order valence-corrected chi connectivity index (χ4v) is 2.18. The van der Waals surface area contributed by atoms with Crippen molar-refractivity contribution in [2.75, 3.05) is 0 Å². The lowest BCUT2D eigenvalue weighted by atomic mass is 9.86. The summed E-state index contributed by atoms with van der Waals surface area (Å²) in [6, 6.07) is 10.5. The smallest absolute Gasteiger partial charge is 0.361 e. The molecule has 0 aromatic heterocycles. The minimum Gasteiger partial charge on any atom is -0.361 e. The zero-order valence-corrected chi connectivity index (χ0v) is 8.68. The summed E-state index contributed by atoms with van der Waals surface area (Å²) in [4.78, 5) is 26.5. The van der Waals surface area contributed by atoms with Crippen LogP contribution in [-0.2, 0) is 4.79 Å². The van der Waals surface area contributed by atoms with Crippen LogP contribution in [0.2, 0.25) is 0 Å². The fourth-order valence-electron chi connectivity index (χ4n) is 2.18. The van der Waals surface area contributed by atoms with Crippen LogP contribution in [0.4, 0.5) is 0 Å². The van der Waals surface area contributed by atoms with Crippen molar-refractivity contribution < 1.29 is 14.4 Å². The Morgan fingerprint density at radius 3 is 2.18 bits per heavy atom. The van der Waals surface area contributed by atoms with Gasteiger partial charge in [-0.1, -0.05) is 30.3 Å². The van der Waals surface area contributed by atoms with Gasteiger partial charge in [0.15, 0.2) is 0 Å². The van der Waals surface area contributed by atoms with Gasteiger partial charge in [-0.2, -0.15) is 4.79 Å². The quantitative estimate of drug-likeness (QED) is 0.386. The predicted octanol–water partition coefficient (Wildman–Crippen LogP) is 1.62. The highest BCUT2D eigenvalue weighted by Gasteiger charge is 2.37. The maximum Gasteiger partial charge on any atom is 0.374 e. The zero-order chi connectivity index (χ0) is 12.0. The van der Waals surface area contributed by atoms with E-state index in [2.05, 4.69) is 4.79 Å². The molecule has 0 fully saturated rings. The van der Waals surface area contributed by atoms with Crippen molar-refractivity contribution in [1.29, 1.82) is 0 Å². The van der Waals surface area contributed by atoms with Crippen LogP contribution in [0, 0.1) is 0 Å². The largest absolute Gasteiger partial charge is 0.374 e. The minimum atomic E-state index is -0.765. The molecule has 0 N–H and O–H groups in total. The van der Waals surface area contributed by atoms with Gasteiger partial charge in [0, 0.05) is 10.9 Å². The third-order valence-corrected chi connectivity index (χ3v) is 2.93. The molecule has 0 saturated carbocycles. The minimum absolute atomic E-state index is 0.181. The molecule has 3 rings (SSSR count). The Labute approximate surface area is 96.1 Å². The number of hydrogen-bond donors (Lipinski definition) is 0. The summed E-state index contributed by atoms with van der Waals surface area (Å²) in [5, 5.41) is 1.52. The van der Waals surface area contributed by atoms with Gasteiger partial charge in [-0.25, -0.2) is 0 Å². The summed E-state index contributed by atoms with van der Waals surface area (Å²) in [6.45, 7) is 0. The first-order valence-electron chi connectivity index (χ1n) is 5.07. The lowest BCUT2D eigenvalue weighted by Crippen LogP contribution is -2.30. The standard InChI is InChI=1S/C13H6N2O2/c14-15-11-8-5-1-3-7-4-2-6-9(10(7)8)12(16)13(11)17/h1-6H. The number of ketones is 2. The Balaban J connectivity index is 2.60. The molecule has 4 nitrogen and oxygen atoms in total. The van der Waals surface area contributed by atoms with Gasteiger partial charge in [0.2, 0.25) is 5.78 Å². The van der Waals surface area contributed by atoms with Crippen LogP contribution in [0.5, 0.6) is 0 Å². The second kappa shape index (κ2) is 3.20. The van der Waals surface area contributed by atoms with Gasteiger partial charge in [0.1, 0.15) is 0 Å². The van der Waals surface area contributed by atoms with E-state index < -0.39 is 11.6 Å². The molecule has 2 aromatic rings. The van der Waals surface area contributed by atoms with Crippen LogP contribution in [0.25, 0.3) is 16.3 Å². The first kappa shape index (κ1) is 9.63. The second-order valence-electron chi connectivity index (χ2n) is 3.82. The molecule has 17 heavy (non-hydrogen) atoms. The summed E-state index contributed by atoms with van der Waals surface area (Å²) < 4.78 is 0. The molecule has 0 atom stereocenters. The maximum atomic E-state index is 11.8. The number of Topliss-reactive ketones (excluding diaryl/α,β-unsaturated/α-hetero) is 2. The molecule has 2 aromatic carbocycles. The first-order valence-corrected chi connectivity index (χ1v) is 5.07. The molecule has 0 aliphatic heterocycles. The Hall–Kier alpha value is -2.58. The average Bonchev–Trinajstić information content (AvgIpc) is 2.37. The highest BCUT2D eigenvalue weighted by Crippen LogP contribution is 2.27. The van der Waals surface area contributed by atoms with E-state index in [-0.39, 0.29) is 5.71 Å². The summed E-state index contributed by atoms with van der Waals surface area (Å²) in [7, 11) is 0. The van der Waals surface area contributed by atoms with Crippen LogP contribution in [0.3, 0.4) is 0 Å². The Kier molecular flexibility index (Phi) is 1.82. The van der Waals surface area contributed by atoms with Crippen molar-refractivity contribution in [3.63, 3.8) is 0 Å². The van der Waals surface area contributed by atoms with Crippen molar-refractivity contribution in [3.8, 4) is 0 Å². The van der Waals surface area contributed by atoms with E-state index >= 15 is 0 Å². The van der Waals surface area contributed by atoms with E-state index in [1.165, 1.54) is 0 Å². The van der Waals surface area contributed by atoms with E-state index in [1.807, 2.05) is 12.1 Å². The summed E-state index contributed by atoms with van der Waals surface area (Å²) >= 11 is 0. The SMILES string of the molecule is [N-]=[N+]=C1C(=O)C(=O)c2cccc3cccc1c23. The number of carbonyl (C=O) groups is 2. The number of rotatable bonds is 0. The first-order chi connectivity index (χ1) is 8.24. The zero-order valence-electron chi connectivity index (χ0n) is 8.68. The molecule has 1 aliphatic carbocycles. The van der Waals surface area contributed by atoms with Crippen molar-refractivity contribution in [3.05, 3.63) is 53.1 Å². The molecule has 0 saturated heterocycles. The lowest BCUT2D eigenvalue weighted by Gasteiger charge is -2.11. The van der Waals surface area contributed by atoms with E-state index in [1.54, 1.807) is 24.3 Å². The van der Waals surface area contributed by atoms with Crippen molar-refractivity contribution in [2.45, 2.75) is 0 Å². The Bertz CT molecular complexity index is 735. The van der Waals surface area contributed by atoms with Crippen LogP contribution < -0.4 is 0 Å². The summed E-state index contributed by atoms with van der Waals surface area (Å²) in [6.07, 6.45) is 0. The number of benzene rings is 2. The molecule has 0 heterocycles. The van der Waals surface area contributed by atoms with Crippen molar-refractivity contribution in [2.24, 2.45) is 0 Å². The normalized spacial score (nSPS) is 14.0. The van der Waals surface area contributed by atoms with Crippen LogP contribution in [0.1, 0.15) is 15.9 Å². The number of carbonyl (C=O) groups excluding carboxylic acids is 2. The Morgan fingerprint density at radius 1 is 0.882 bits per heavy atom. The van der Waals surface area contributed by atoms with E-state index in [9.17, 15) is 9.59 Å². The molecular weight excluding hydrogens is 216 g/mol. The molecule has 80 valence electrons. The van der Waals surface area contributed by atoms with Crippen LogP contribution in [-0.4, -0.2) is 22.1 Å². The fraction of sp³-hybridized carbons (Fsp3) is 0. The highest BCUT2D eigenvalue weighted by atomic mass is 16.2. The van der Waals surface area contributed by atoms with E-state index in [0.717, 1.165) is 5.39 Å². The van der Waals surface area contributed by atoms with Crippen LogP contribution in [0.15, 0.2) is 36.4 Å². The average molecular weight is 222 g/mol. The summed E-state index contributed by atoms with van der Waals surface area (Å²) in [5.41, 5.74) is 9.57. The van der Waals surface area contributed by atoms with Gasteiger partial charge in [-0.3, -0.25) is 9.59 Å². The monoisotopic (exact) mass is 222 g/mol. The van der Waals surface area contributed by atoms with Gasteiger partial charge in [0.05, 0.1) is 5.56 Å². The van der Waals surface area contributed by atoms with Gasteiger partial charge in [-0.05, 0) is 11.5 Å². The van der Waals surface area contributed by atoms with Gasteiger partial charge >= 0.3 is 11.5 Å². The number of hydrogen-bond acceptors (Lipinski definition) is 2. The summed E-state index contributed by atoms with van der Waals surface area (Å²) in [5.74, 6) is -1.39. The van der Waals surface area contributed by atoms with Crippen molar-refractivity contribution in [1.82, 2.24) is 0 Å². The van der Waals surface area contributed by atoms with Crippen LogP contribution >= 0.6 is 0 Å². The van der Waals surface area contributed by atoms with E-state index in [4.69, 9.17) is 5.53 Å². The highest BCUT2D eigenvalue weighted by molar-refractivity contribution is 6.73. The van der Waals surface area contributed by atoms with Gasteiger partial charge < -0.3 is 5.53 Å². The molecular formula is C13H6N2O2. The second-order valence-corrected chi connectivity index (χ2v) is 3.82.